The number of hydrogen-bond acceptors (Lipinski definition) is 2. The van der Waals surface area contributed by atoms with Crippen molar-refractivity contribution in [3.05, 3.63) is 136 Å². The predicted molar refractivity (Wildman–Crippen MR) is 123 cm³/mol. The molecule has 0 aliphatic rings. The minimum Gasteiger partial charge on any atom is -0.507 e. The van der Waals surface area contributed by atoms with Crippen LogP contribution in [0.25, 0.3) is 0 Å². The zero-order valence-electron chi connectivity index (χ0n) is 17.5. The van der Waals surface area contributed by atoms with Crippen LogP contribution in [-0.4, -0.2) is 16.2 Å². The normalized spacial score (nSPS) is 11.3. The summed E-state index contributed by atoms with van der Waals surface area (Å²) < 4.78 is 0. The van der Waals surface area contributed by atoms with Gasteiger partial charge in [0.15, 0.2) is 0 Å². The molecule has 3 heteroatoms. The number of carboxylic acid groups (broad SMARTS) is 1. The summed E-state index contributed by atoms with van der Waals surface area (Å²) in [7, 11) is 0. The molecule has 0 unspecified atom stereocenters. The van der Waals surface area contributed by atoms with E-state index in [1.165, 1.54) is 6.07 Å². The number of phenols is 1. The number of hydrogen-bond donors (Lipinski definition) is 2. The van der Waals surface area contributed by atoms with Crippen LogP contribution >= 0.6 is 0 Å². The Bertz CT molecular complexity index is 1190. The Morgan fingerprint density at radius 3 is 1.84 bits per heavy atom. The fourth-order valence-electron chi connectivity index (χ4n) is 4.44. The molecule has 4 aromatic rings. The SMILES string of the molecule is Cc1cccc(C(c2ccccc2)(c2ccccc2)c2ccc(O)c(C(=O)O)c2)c1C. The third-order valence-electron chi connectivity index (χ3n) is 6.08. The van der Waals surface area contributed by atoms with Crippen LogP contribution in [0.3, 0.4) is 0 Å². The molecule has 4 aromatic carbocycles. The summed E-state index contributed by atoms with van der Waals surface area (Å²) in [5.74, 6) is -1.40. The lowest BCUT2D eigenvalue weighted by atomic mass is 9.63. The Balaban J connectivity index is 2.21. The van der Waals surface area contributed by atoms with Gasteiger partial charge in [0.1, 0.15) is 11.3 Å². The van der Waals surface area contributed by atoms with Crippen molar-refractivity contribution in [1.29, 1.82) is 0 Å². The Labute approximate surface area is 182 Å². The predicted octanol–water partition coefficient (Wildman–Crippen LogP) is 6.09. The largest absolute Gasteiger partial charge is 0.507 e. The lowest BCUT2D eigenvalue weighted by molar-refractivity contribution is 0.0693. The second-order valence-corrected chi connectivity index (χ2v) is 7.77. The van der Waals surface area contributed by atoms with Crippen LogP contribution in [-0.2, 0) is 5.41 Å². The average molecular weight is 408 g/mol. The second-order valence-electron chi connectivity index (χ2n) is 7.77. The van der Waals surface area contributed by atoms with Gasteiger partial charge in [0.25, 0.3) is 0 Å². The van der Waals surface area contributed by atoms with Crippen molar-refractivity contribution in [2.45, 2.75) is 19.3 Å². The van der Waals surface area contributed by atoms with Crippen molar-refractivity contribution < 1.29 is 15.0 Å². The molecule has 3 nitrogen and oxygen atoms in total. The van der Waals surface area contributed by atoms with E-state index in [1.807, 2.05) is 48.5 Å². The van der Waals surface area contributed by atoms with E-state index in [0.717, 1.165) is 33.4 Å². The molecule has 4 rings (SSSR count). The van der Waals surface area contributed by atoms with Crippen LogP contribution in [0.15, 0.2) is 97.1 Å². The Kier molecular flexibility index (Phi) is 5.35. The summed E-state index contributed by atoms with van der Waals surface area (Å²) in [4.78, 5) is 11.9. The first-order valence-corrected chi connectivity index (χ1v) is 10.2. The first-order valence-electron chi connectivity index (χ1n) is 10.2. The van der Waals surface area contributed by atoms with E-state index in [1.54, 1.807) is 6.07 Å². The summed E-state index contributed by atoms with van der Waals surface area (Å²) in [6, 6.07) is 31.3. The molecule has 154 valence electrons. The lowest BCUT2D eigenvalue weighted by Gasteiger charge is -2.38. The molecule has 0 fully saturated rings. The van der Waals surface area contributed by atoms with Crippen LogP contribution in [0.4, 0.5) is 0 Å². The third kappa shape index (κ3) is 3.38. The van der Waals surface area contributed by atoms with E-state index >= 15 is 0 Å². The monoisotopic (exact) mass is 408 g/mol. The van der Waals surface area contributed by atoms with E-state index in [2.05, 4.69) is 50.2 Å². The van der Waals surface area contributed by atoms with Crippen molar-refractivity contribution in [2.24, 2.45) is 0 Å². The van der Waals surface area contributed by atoms with Crippen molar-refractivity contribution in [2.75, 3.05) is 0 Å². The molecule has 0 saturated carbocycles. The van der Waals surface area contributed by atoms with Crippen molar-refractivity contribution in [3.63, 3.8) is 0 Å². The maximum atomic E-state index is 11.9. The first kappa shape index (κ1) is 20.4. The molecular weight excluding hydrogens is 384 g/mol. The minimum atomic E-state index is -1.16. The van der Waals surface area contributed by atoms with Gasteiger partial charge in [-0.05, 0) is 59.4 Å². The number of aromatic hydroxyl groups is 1. The van der Waals surface area contributed by atoms with E-state index in [-0.39, 0.29) is 11.3 Å². The molecule has 0 spiro atoms. The van der Waals surface area contributed by atoms with E-state index in [9.17, 15) is 15.0 Å². The van der Waals surface area contributed by atoms with Crippen LogP contribution < -0.4 is 0 Å². The molecule has 0 aromatic heterocycles. The Hall–Kier alpha value is -3.85. The topological polar surface area (TPSA) is 57.5 Å². The molecule has 0 amide bonds. The van der Waals surface area contributed by atoms with Gasteiger partial charge in [-0.2, -0.15) is 0 Å². The van der Waals surface area contributed by atoms with Crippen molar-refractivity contribution >= 4 is 5.97 Å². The van der Waals surface area contributed by atoms with Gasteiger partial charge in [-0.1, -0.05) is 84.9 Å². The van der Waals surface area contributed by atoms with Gasteiger partial charge < -0.3 is 10.2 Å². The molecule has 0 atom stereocenters. The third-order valence-corrected chi connectivity index (χ3v) is 6.08. The van der Waals surface area contributed by atoms with E-state index in [4.69, 9.17) is 0 Å². The maximum absolute atomic E-state index is 11.9. The maximum Gasteiger partial charge on any atom is 0.339 e. The van der Waals surface area contributed by atoms with Crippen LogP contribution in [0.5, 0.6) is 5.75 Å². The summed E-state index contributed by atoms with van der Waals surface area (Å²) in [6.07, 6.45) is 0. The highest BCUT2D eigenvalue weighted by Crippen LogP contribution is 2.47. The molecule has 0 saturated heterocycles. The number of rotatable bonds is 5. The molecule has 2 N–H and O–H groups in total. The molecule has 0 heterocycles. The summed E-state index contributed by atoms with van der Waals surface area (Å²) in [5, 5.41) is 19.9. The van der Waals surface area contributed by atoms with Gasteiger partial charge in [0, 0.05) is 0 Å². The highest BCUT2D eigenvalue weighted by atomic mass is 16.4. The van der Waals surface area contributed by atoms with Gasteiger partial charge in [0.05, 0.1) is 5.41 Å². The summed E-state index contributed by atoms with van der Waals surface area (Å²) in [5.41, 5.74) is 5.34. The van der Waals surface area contributed by atoms with Crippen LogP contribution in [0, 0.1) is 13.8 Å². The first-order chi connectivity index (χ1) is 15.0. The minimum absolute atomic E-state index is 0.112. The van der Waals surface area contributed by atoms with Crippen molar-refractivity contribution in [1.82, 2.24) is 0 Å². The number of carbonyl (C=O) groups is 1. The van der Waals surface area contributed by atoms with E-state index < -0.39 is 11.4 Å². The standard InChI is InChI=1S/C28H24O3/c1-19-10-9-15-25(20(19)2)28(21-11-5-3-6-12-21,22-13-7-4-8-14-22)23-16-17-26(29)24(18-23)27(30)31/h3-18,29H,1-2H3,(H,30,31). The number of carboxylic acids is 1. The zero-order valence-corrected chi connectivity index (χ0v) is 17.5. The van der Waals surface area contributed by atoms with Gasteiger partial charge in [0.2, 0.25) is 0 Å². The van der Waals surface area contributed by atoms with Gasteiger partial charge in [-0.15, -0.1) is 0 Å². The molecule has 0 aliphatic carbocycles. The second kappa shape index (κ2) is 8.11. The fourth-order valence-corrected chi connectivity index (χ4v) is 4.44. The van der Waals surface area contributed by atoms with Gasteiger partial charge >= 0.3 is 5.97 Å². The molecule has 0 radical (unpaired) electrons. The number of aromatic carboxylic acids is 1. The molecule has 0 bridgehead atoms. The molecule has 0 aliphatic heterocycles. The number of benzene rings is 4. The van der Waals surface area contributed by atoms with Crippen LogP contribution in [0.1, 0.15) is 43.7 Å². The average Bonchev–Trinajstić information content (AvgIpc) is 2.79. The van der Waals surface area contributed by atoms with Crippen molar-refractivity contribution in [3.8, 4) is 5.75 Å². The van der Waals surface area contributed by atoms with Gasteiger partial charge in [-0.25, -0.2) is 4.79 Å². The van der Waals surface area contributed by atoms with Crippen LogP contribution in [0.2, 0.25) is 0 Å². The molecular formula is C28H24O3. The van der Waals surface area contributed by atoms with Gasteiger partial charge in [-0.3, -0.25) is 0 Å². The molecule has 31 heavy (non-hydrogen) atoms. The smallest absolute Gasteiger partial charge is 0.339 e. The summed E-state index contributed by atoms with van der Waals surface area (Å²) in [6.45, 7) is 4.18. The highest BCUT2D eigenvalue weighted by molar-refractivity contribution is 5.91. The zero-order chi connectivity index (χ0) is 22.0. The van der Waals surface area contributed by atoms with E-state index in [0.29, 0.717) is 0 Å². The summed E-state index contributed by atoms with van der Waals surface area (Å²) >= 11 is 0. The highest BCUT2D eigenvalue weighted by Gasteiger charge is 2.40. The lowest BCUT2D eigenvalue weighted by Crippen LogP contribution is -2.32. The number of aryl methyl sites for hydroxylation is 1. The Morgan fingerprint density at radius 2 is 1.29 bits per heavy atom. The Morgan fingerprint density at radius 1 is 0.710 bits per heavy atom. The fraction of sp³-hybridized carbons (Fsp3) is 0.107. The quantitative estimate of drug-likeness (QED) is 0.393.